The molecule has 0 fully saturated rings. The molecule has 1 aliphatic rings. The molecule has 4 nitrogen and oxygen atoms in total. The Morgan fingerprint density at radius 3 is 2.18 bits per heavy atom. The van der Waals surface area contributed by atoms with E-state index in [1.807, 2.05) is 60.9 Å². The Kier molecular flexibility index (Phi) is 8.50. The number of carbonyl (C=O) groups excluding carboxylic acids is 1. The Hall–Kier alpha value is -4.23. The maximum absolute atomic E-state index is 9.59. The molecule has 0 unspecified atom stereocenters. The summed E-state index contributed by atoms with van der Waals surface area (Å²) in [7, 11) is 3.03. The second-order valence-electron chi connectivity index (χ2n) is 7.17. The largest absolute Gasteiger partial charge is 0.504 e. The van der Waals surface area contributed by atoms with E-state index in [9.17, 15) is 4.79 Å². The van der Waals surface area contributed by atoms with E-state index in [1.54, 1.807) is 7.11 Å². The van der Waals surface area contributed by atoms with Crippen molar-refractivity contribution in [3.8, 4) is 23.3 Å². The molecule has 3 aromatic carbocycles. The number of ether oxygens (including phenoxy) is 3. The number of carbonyl (C=O) groups is 1. The van der Waals surface area contributed by atoms with Gasteiger partial charge in [-0.2, -0.15) is 0 Å². The van der Waals surface area contributed by atoms with E-state index in [0.29, 0.717) is 0 Å². The van der Waals surface area contributed by atoms with Crippen LogP contribution in [-0.2, 0) is 14.3 Å². The summed E-state index contributed by atoms with van der Waals surface area (Å²) in [5, 5.41) is 0. The summed E-state index contributed by atoms with van der Waals surface area (Å²) in [6, 6.07) is 23.9. The highest BCUT2D eigenvalue weighted by molar-refractivity contribution is 5.79. The summed E-state index contributed by atoms with van der Waals surface area (Å²) in [6.45, 7) is 1.36. The van der Waals surface area contributed by atoms with Crippen LogP contribution in [-0.4, -0.2) is 20.2 Å². The minimum absolute atomic E-state index is 0.245. The zero-order valence-electron chi connectivity index (χ0n) is 19.0. The predicted molar refractivity (Wildman–Crippen MR) is 132 cm³/mol. The Bertz CT molecular complexity index is 1190. The van der Waals surface area contributed by atoms with Gasteiger partial charge >= 0.3 is 5.97 Å². The van der Waals surface area contributed by atoms with Crippen LogP contribution in [0.5, 0.6) is 11.5 Å². The first-order valence-corrected chi connectivity index (χ1v) is 10.5. The Balaban J connectivity index is 0.000000555. The maximum atomic E-state index is 9.59. The van der Waals surface area contributed by atoms with Crippen molar-refractivity contribution in [2.24, 2.45) is 0 Å². The van der Waals surface area contributed by atoms with Gasteiger partial charge < -0.3 is 14.2 Å². The molecule has 0 heterocycles. The first-order valence-electron chi connectivity index (χ1n) is 10.5. The second kappa shape index (κ2) is 12.0. The average Bonchev–Trinajstić information content (AvgIpc) is 2.85. The number of hydrogen-bond donors (Lipinski definition) is 0. The van der Waals surface area contributed by atoms with Crippen molar-refractivity contribution < 1.29 is 19.0 Å². The first-order chi connectivity index (χ1) is 16.1. The summed E-state index contributed by atoms with van der Waals surface area (Å²) in [5.41, 5.74) is 5.49. The number of para-hydroxylation sites is 1. The standard InChI is InChI=1S/C26H20O2.C3H6O2/c1-27-19-23-7-5-6-22-15-12-21(18-26(22)23)11-10-20-13-16-25(17-14-20)28-24-8-3-2-4-9-24;1-3(4)5-2/h2-6,8-9,12-19H,7H2,1H3;1-2H3. The predicted octanol–water partition coefficient (Wildman–Crippen LogP) is 6.46. The van der Waals surface area contributed by atoms with Gasteiger partial charge in [-0.05, 0) is 71.7 Å². The molecule has 0 amide bonds. The fraction of sp³-hybridized carbons (Fsp3) is 0.138. The minimum Gasteiger partial charge on any atom is -0.504 e. The molecule has 0 saturated carbocycles. The monoisotopic (exact) mass is 438 g/mol. The summed E-state index contributed by atoms with van der Waals surface area (Å²) >= 11 is 0. The van der Waals surface area contributed by atoms with Crippen LogP contribution < -0.4 is 4.74 Å². The van der Waals surface area contributed by atoms with Crippen LogP contribution in [0.1, 0.15) is 35.6 Å². The lowest BCUT2D eigenvalue weighted by Crippen LogP contribution is -1.95. The highest BCUT2D eigenvalue weighted by atomic mass is 16.5. The smallest absolute Gasteiger partial charge is 0.302 e. The summed E-state index contributed by atoms with van der Waals surface area (Å²) in [6.07, 6.45) is 6.98. The van der Waals surface area contributed by atoms with E-state index in [0.717, 1.165) is 29.0 Å². The number of methoxy groups -OCH3 is 2. The number of hydrogen-bond acceptors (Lipinski definition) is 4. The molecule has 0 aromatic heterocycles. The lowest BCUT2D eigenvalue weighted by atomic mass is 9.91. The zero-order valence-corrected chi connectivity index (χ0v) is 19.0. The molecule has 0 radical (unpaired) electrons. The quantitative estimate of drug-likeness (QED) is 0.267. The molecule has 0 aliphatic heterocycles. The van der Waals surface area contributed by atoms with Crippen LogP contribution in [0.4, 0.5) is 0 Å². The third kappa shape index (κ3) is 7.15. The van der Waals surface area contributed by atoms with E-state index in [4.69, 9.17) is 9.47 Å². The van der Waals surface area contributed by atoms with Crippen molar-refractivity contribution in [1.29, 1.82) is 0 Å². The van der Waals surface area contributed by atoms with E-state index < -0.39 is 0 Å². The van der Waals surface area contributed by atoms with Crippen molar-refractivity contribution >= 4 is 17.6 Å². The third-order valence-electron chi connectivity index (χ3n) is 4.77. The fourth-order valence-electron chi connectivity index (χ4n) is 3.11. The molecule has 166 valence electrons. The van der Waals surface area contributed by atoms with E-state index in [-0.39, 0.29) is 5.97 Å². The van der Waals surface area contributed by atoms with E-state index in [2.05, 4.69) is 46.9 Å². The lowest BCUT2D eigenvalue weighted by Gasteiger charge is -2.14. The molecule has 0 atom stereocenters. The van der Waals surface area contributed by atoms with Gasteiger partial charge in [-0.25, -0.2) is 0 Å². The molecule has 4 heteroatoms. The first kappa shape index (κ1) is 23.4. The fourth-order valence-corrected chi connectivity index (χ4v) is 3.11. The van der Waals surface area contributed by atoms with Crippen LogP contribution >= 0.6 is 0 Å². The Morgan fingerprint density at radius 1 is 0.879 bits per heavy atom. The van der Waals surface area contributed by atoms with Gasteiger partial charge in [-0.15, -0.1) is 0 Å². The van der Waals surface area contributed by atoms with Gasteiger partial charge in [0.25, 0.3) is 0 Å². The van der Waals surface area contributed by atoms with Gasteiger partial charge in [0.1, 0.15) is 11.5 Å². The molecular formula is C29H26O4. The molecule has 0 N–H and O–H groups in total. The molecule has 3 aromatic rings. The van der Waals surface area contributed by atoms with Crippen LogP contribution in [0.15, 0.2) is 85.1 Å². The number of rotatable bonds is 3. The normalized spacial score (nSPS) is 12.4. The number of benzene rings is 3. The molecule has 0 bridgehead atoms. The van der Waals surface area contributed by atoms with Crippen molar-refractivity contribution in [2.75, 3.05) is 14.2 Å². The van der Waals surface area contributed by atoms with Crippen LogP contribution in [0.3, 0.4) is 0 Å². The summed E-state index contributed by atoms with van der Waals surface area (Å²) in [5.74, 6) is 7.87. The highest BCUT2D eigenvalue weighted by Gasteiger charge is 2.10. The highest BCUT2D eigenvalue weighted by Crippen LogP contribution is 2.29. The third-order valence-corrected chi connectivity index (χ3v) is 4.77. The zero-order chi connectivity index (χ0) is 23.5. The van der Waals surface area contributed by atoms with Crippen LogP contribution in [0.25, 0.3) is 11.6 Å². The second-order valence-corrected chi connectivity index (χ2v) is 7.17. The van der Waals surface area contributed by atoms with Crippen LogP contribution in [0, 0.1) is 11.8 Å². The number of fused-ring (bicyclic) bond motifs is 1. The number of esters is 1. The van der Waals surface area contributed by atoms with Gasteiger partial charge in [0.05, 0.1) is 20.5 Å². The molecule has 1 aliphatic carbocycles. The number of allylic oxidation sites excluding steroid dienone is 2. The lowest BCUT2D eigenvalue weighted by molar-refractivity contribution is -0.137. The van der Waals surface area contributed by atoms with Crippen molar-refractivity contribution in [1.82, 2.24) is 0 Å². The molecule has 4 rings (SSSR count). The van der Waals surface area contributed by atoms with Crippen molar-refractivity contribution in [3.05, 3.63) is 107 Å². The van der Waals surface area contributed by atoms with Crippen molar-refractivity contribution in [3.63, 3.8) is 0 Å². The van der Waals surface area contributed by atoms with Gasteiger partial charge in [0.2, 0.25) is 0 Å². The van der Waals surface area contributed by atoms with Crippen molar-refractivity contribution in [2.45, 2.75) is 13.3 Å². The van der Waals surface area contributed by atoms with Gasteiger partial charge in [0.15, 0.2) is 0 Å². The minimum atomic E-state index is -0.245. The van der Waals surface area contributed by atoms with Gasteiger partial charge in [-0.3, -0.25) is 4.79 Å². The van der Waals surface area contributed by atoms with Crippen LogP contribution in [0.2, 0.25) is 0 Å². The molecular weight excluding hydrogens is 412 g/mol. The van der Waals surface area contributed by atoms with Gasteiger partial charge in [-0.1, -0.05) is 48.3 Å². The molecule has 0 saturated heterocycles. The SMILES string of the molecule is COC(C)=O.COC=C1CC=Cc2ccc(C#Cc3ccc(Oc4ccccc4)cc3)cc21. The van der Waals surface area contributed by atoms with E-state index in [1.165, 1.54) is 30.7 Å². The average molecular weight is 439 g/mol. The summed E-state index contributed by atoms with van der Waals surface area (Å²) in [4.78, 5) is 9.59. The van der Waals surface area contributed by atoms with Gasteiger partial charge in [0, 0.05) is 18.1 Å². The Labute approximate surface area is 195 Å². The molecule has 0 spiro atoms. The topological polar surface area (TPSA) is 44.8 Å². The molecule has 33 heavy (non-hydrogen) atoms. The maximum Gasteiger partial charge on any atom is 0.302 e. The Morgan fingerprint density at radius 2 is 1.52 bits per heavy atom. The van der Waals surface area contributed by atoms with E-state index >= 15 is 0 Å². The summed E-state index contributed by atoms with van der Waals surface area (Å²) < 4.78 is 15.1.